The van der Waals surface area contributed by atoms with Gasteiger partial charge in [-0.3, -0.25) is 9.59 Å². The zero-order valence-electron chi connectivity index (χ0n) is 22.2. The number of aryl methyl sites for hydroxylation is 1. The Kier molecular flexibility index (Phi) is 8.75. The van der Waals surface area contributed by atoms with Crippen LogP contribution in [0.1, 0.15) is 72.5 Å². The summed E-state index contributed by atoms with van der Waals surface area (Å²) in [5, 5.41) is 23.4. The van der Waals surface area contributed by atoms with E-state index in [0.29, 0.717) is 24.8 Å². The lowest BCUT2D eigenvalue weighted by molar-refractivity contribution is -0.143. The van der Waals surface area contributed by atoms with Gasteiger partial charge >= 0.3 is 6.18 Å². The first kappa shape index (κ1) is 29.0. The average Bonchev–Trinajstić information content (AvgIpc) is 2.96. The number of nitrogens with one attached hydrogen (secondary N) is 1. The van der Waals surface area contributed by atoms with Crippen LogP contribution in [-0.4, -0.2) is 22.4 Å². The fourth-order valence-corrected chi connectivity index (χ4v) is 5.42. The summed E-state index contributed by atoms with van der Waals surface area (Å²) in [6, 6.07) is 19.5. The van der Waals surface area contributed by atoms with Gasteiger partial charge in [-0.1, -0.05) is 67.8 Å². The monoisotopic (exact) mass is 548 g/mol. The lowest BCUT2D eigenvalue weighted by Gasteiger charge is -2.37. The number of rotatable bonds is 8. The van der Waals surface area contributed by atoms with Crippen molar-refractivity contribution >= 4 is 17.4 Å². The van der Waals surface area contributed by atoms with E-state index in [9.17, 15) is 27.9 Å². The summed E-state index contributed by atoms with van der Waals surface area (Å²) in [5.74, 6) is -1.09. The highest BCUT2D eigenvalue weighted by Gasteiger charge is 2.44. The Labute approximate surface area is 231 Å². The van der Waals surface area contributed by atoms with Crippen LogP contribution in [0.3, 0.4) is 0 Å². The molecule has 0 heterocycles. The number of Topliss-reactive ketones (excluding diaryl/α,β-unsaturated/α-hetero) is 1. The molecule has 8 heteroatoms. The van der Waals surface area contributed by atoms with E-state index in [1.54, 1.807) is 12.1 Å². The van der Waals surface area contributed by atoms with Crippen LogP contribution >= 0.6 is 0 Å². The van der Waals surface area contributed by atoms with Gasteiger partial charge in [0.25, 0.3) is 5.91 Å². The Bertz CT molecular complexity index is 1420. The molecule has 4 rings (SSSR count). The average molecular weight is 549 g/mol. The van der Waals surface area contributed by atoms with Crippen molar-refractivity contribution in [3.8, 4) is 17.2 Å². The number of hydrogen-bond acceptors (Lipinski definition) is 4. The van der Waals surface area contributed by atoms with Crippen molar-refractivity contribution in [1.29, 1.82) is 5.26 Å². The maximum atomic E-state index is 13.5. The first-order chi connectivity index (χ1) is 19.0. The lowest BCUT2D eigenvalue weighted by Crippen LogP contribution is -2.50. The summed E-state index contributed by atoms with van der Waals surface area (Å²) in [6.45, 7) is 1.51. The fraction of sp³-hybridized carbons (Fsp3) is 0.344. The Hall–Kier alpha value is -3.96. The molecule has 0 aliphatic heterocycles. The number of nitriles is 1. The number of amides is 1. The van der Waals surface area contributed by atoms with Gasteiger partial charge in [0.1, 0.15) is 5.60 Å². The summed E-state index contributed by atoms with van der Waals surface area (Å²) >= 11 is 0. The molecule has 1 aliphatic carbocycles. The van der Waals surface area contributed by atoms with Gasteiger partial charge in [0.05, 0.1) is 17.2 Å². The van der Waals surface area contributed by atoms with Gasteiger partial charge in [0.2, 0.25) is 0 Å². The largest absolute Gasteiger partial charge is 0.417 e. The number of anilines is 1. The van der Waals surface area contributed by atoms with Crippen molar-refractivity contribution in [2.45, 2.75) is 63.6 Å². The van der Waals surface area contributed by atoms with E-state index >= 15 is 0 Å². The summed E-state index contributed by atoms with van der Waals surface area (Å²) in [4.78, 5) is 25.1. The molecule has 0 radical (unpaired) electrons. The van der Waals surface area contributed by atoms with Gasteiger partial charge in [0.15, 0.2) is 5.78 Å². The van der Waals surface area contributed by atoms with E-state index in [0.717, 1.165) is 48.1 Å². The lowest BCUT2D eigenvalue weighted by atomic mass is 9.73. The molecule has 1 fully saturated rings. The van der Waals surface area contributed by atoms with Gasteiger partial charge in [-0.15, -0.1) is 0 Å². The highest BCUT2D eigenvalue weighted by atomic mass is 19.4. The third-order valence-corrected chi connectivity index (χ3v) is 7.72. The molecule has 5 nitrogen and oxygen atoms in total. The zero-order chi connectivity index (χ0) is 28.9. The number of alkyl halides is 3. The van der Waals surface area contributed by atoms with Gasteiger partial charge < -0.3 is 10.4 Å². The third-order valence-electron chi connectivity index (χ3n) is 7.72. The molecule has 2 N–H and O–H groups in total. The molecule has 1 unspecified atom stereocenters. The number of nitrogens with zero attached hydrogens (tertiary/aromatic N) is 1. The van der Waals surface area contributed by atoms with Crippen LogP contribution in [0.4, 0.5) is 18.9 Å². The van der Waals surface area contributed by atoms with Crippen LogP contribution in [0.25, 0.3) is 11.1 Å². The maximum Gasteiger partial charge on any atom is 0.417 e. The second-order valence-electron chi connectivity index (χ2n) is 10.4. The van der Waals surface area contributed by atoms with Crippen molar-refractivity contribution in [3.63, 3.8) is 0 Å². The smallest absolute Gasteiger partial charge is 0.380 e. The standard InChI is InChI=1S/C32H31F3N2O3/c1-21(38)23-10-12-24(13-11-23)25-7-5-6-22(18-25)16-17-31(40,27-8-3-2-4-9-27)30(39)37-28-15-14-26(20-36)29(19-28)32(33,34)35/h5-7,10-15,18-19,27,40H,2-4,8-9,16-17H2,1H3,(H,37,39). The SMILES string of the molecule is CC(=O)c1ccc(-c2cccc(CCC(O)(C(=O)Nc3ccc(C#N)c(C(F)(F)F)c3)C3CCCCC3)c2)cc1. The van der Waals surface area contributed by atoms with Crippen molar-refractivity contribution in [2.75, 3.05) is 5.32 Å². The fourth-order valence-electron chi connectivity index (χ4n) is 5.42. The Morgan fingerprint density at radius 2 is 1.68 bits per heavy atom. The number of benzene rings is 3. The predicted octanol–water partition coefficient (Wildman–Crippen LogP) is 7.33. The Balaban J connectivity index is 1.57. The molecule has 208 valence electrons. The molecular formula is C32H31F3N2O3. The molecule has 0 aromatic heterocycles. The summed E-state index contributed by atoms with van der Waals surface area (Å²) in [7, 11) is 0. The van der Waals surface area contributed by atoms with Crippen LogP contribution < -0.4 is 5.32 Å². The minimum atomic E-state index is -4.76. The molecule has 1 amide bonds. The van der Waals surface area contributed by atoms with E-state index in [1.165, 1.54) is 19.1 Å². The van der Waals surface area contributed by atoms with Gasteiger partial charge in [-0.25, -0.2) is 0 Å². The van der Waals surface area contributed by atoms with E-state index in [2.05, 4.69) is 5.32 Å². The van der Waals surface area contributed by atoms with Gasteiger partial charge in [-0.05, 0) is 73.4 Å². The van der Waals surface area contributed by atoms with E-state index in [-0.39, 0.29) is 23.8 Å². The van der Waals surface area contributed by atoms with Gasteiger partial charge in [0, 0.05) is 11.3 Å². The first-order valence-electron chi connectivity index (χ1n) is 13.4. The van der Waals surface area contributed by atoms with Crippen LogP contribution in [0.5, 0.6) is 0 Å². The highest BCUT2D eigenvalue weighted by molar-refractivity contribution is 5.97. The normalized spacial score (nSPS) is 15.6. The summed E-state index contributed by atoms with van der Waals surface area (Å²) in [6.07, 6.45) is -0.269. The predicted molar refractivity (Wildman–Crippen MR) is 147 cm³/mol. The molecule has 3 aromatic rings. The zero-order valence-corrected chi connectivity index (χ0v) is 22.2. The second-order valence-corrected chi connectivity index (χ2v) is 10.4. The number of carbonyl (C=O) groups is 2. The van der Waals surface area contributed by atoms with Gasteiger partial charge in [-0.2, -0.15) is 18.4 Å². The molecule has 1 atom stereocenters. The van der Waals surface area contributed by atoms with Crippen molar-refractivity contribution in [2.24, 2.45) is 5.92 Å². The third kappa shape index (κ3) is 6.60. The van der Waals surface area contributed by atoms with E-state index < -0.39 is 28.8 Å². The first-order valence-corrected chi connectivity index (χ1v) is 13.4. The number of halogens is 3. The molecule has 40 heavy (non-hydrogen) atoms. The summed E-state index contributed by atoms with van der Waals surface area (Å²) < 4.78 is 40.4. The summed E-state index contributed by atoms with van der Waals surface area (Å²) in [5.41, 5.74) is -0.219. The van der Waals surface area contributed by atoms with Crippen molar-refractivity contribution in [1.82, 2.24) is 0 Å². The Morgan fingerprint density at radius 1 is 0.975 bits per heavy atom. The molecule has 0 spiro atoms. The molecule has 0 saturated heterocycles. The van der Waals surface area contributed by atoms with Crippen molar-refractivity contribution in [3.05, 3.63) is 89.0 Å². The van der Waals surface area contributed by atoms with Crippen LogP contribution in [-0.2, 0) is 17.4 Å². The molecular weight excluding hydrogens is 517 g/mol. The minimum Gasteiger partial charge on any atom is -0.380 e. The number of hydrogen-bond donors (Lipinski definition) is 2. The Morgan fingerprint density at radius 3 is 2.30 bits per heavy atom. The minimum absolute atomic E-state index is 0.0174. The van der Waals surface area contributed by atoms with E-state index in [1.807, 2.05) is 36.4 Å². The number of ketones is 1. The highest BCUT2D eigenvalue weighted by Crippen LogP contribution is 2.38. The molecule has 3 aromatic carbocycles. The van der Waals surface area contributed by atoms with Crippen molar-refractivity contribution < 1.29 is 27.9 Å². The quantitative estimate of drug-likeness (QED) is 0.289. The second kappa shape index (κ2) is 12.1. The number of carbonyl (C=O) groups excluding carboxylic acids is 2. The molecule has 1 aliphatic rings. The van der Waals surface area contributed by atoms with Crippen LogP contribution in [0, 0.1) is 17.2 Å². The molecule has 0 bridgehead atoms. The number of aliphatic hydroxyl groups is 1. The van der Waals surface area contributed by atoms with Crippen LogP contribution in [0.2, 0.25) is 0 Å². The van der Waals surface area contributed by atoms with E-state index in [4.69, 9.17) is 5.26 Å². The maximum absolute atomic E-state index is 13.5. The molecule has 1 saturated carbocycles. The topological polar surface area (TPSA) is 90.2 Å². The van der Waals surface area contributed by atoms with Crippen LogP contribution in [0.15, 0.2) is 66.7 Å².